The topological polar surface area (TPSA) is 83.6 Å². The zero-order valence-corrected chi connectivity index (χ0v) is 19.8. The first-order valence-corrected chi connectivity index (χ1v) is 13.8. The summed E-state index contributed by atoms with van der Waals surface area (Å²) in [5.41, 5.74) is 0.886. The van der Waals surface area contributed by atoms with Crippen molar-refractivity contribution >= 4 is 54.2 Å². The molecule has 0 amide bonds. The Balaban J connectivity index is 1.85. The second-order valence-electron chi connectivity index (χ2n) is 7.23. The van der Waals surface area contributed by atoms with E-state index in [1.165, 1.54) is 12.1 Å². The molecule has 2 aromatic rings. The highest BCUT2D eigenvalue weighted by atomic mass is 35.5. The molecule has 29 heavy (non-hydrogen) atoms. The molecule has 6 nitrogen and oxygen atoms in total. The molecule has 0 spiro atoms. The maximum atomic E-state index is 13.1. The van der Waals surface area contributed by atoms with Gasteiger partial charge in [-0.05, 0) is 37.9 Å². The number of thiophene rings is 1. The van der Waals surface area contributed by atoms with E-state index in [0.717, 1.165) is 16.9 Å². The quantitative estimate of drug-likeness (QED) is 0.634. The van der Waals surface area contributed by atoms with Crippen LogP contribution in [0.25, 0.3) is 0 Å². The lowest BCUT2D eigenvalue weighted by molar-refractivity contribution is 0.282. The van der Waals surface area contributed by atoms with Gasteiger partial charge in [0.2, 0.25) is 0 Å². The summed E-state index contributed by atoms with van der Waals surface area (Å²) in [5.74, 6) is -0.625. The molecule has 1 aromatic carbocycles. The lowest BCUT2D eigenvalue weighted by Gasteiger charge is -2.28. The molecule has 1 fully saturated rings. The van der Waals surface area contributed by atoms with E-state index in [4.69, 9.17) is 23.2 Å². The number of hydrogen-bond donors (Lipinski definition) is 1. The molecule has 1 aromatic heterocycles. The van der Waals surface area contributed by atoms with Crippen molar-refractivity contribution in [1.29, 1.82) is 0 Å². The summed E-state index contributed by atoms with van der Waals surface area (Å²) < 4.78 is 51.1. The molecule has 3 atom stereocenters. The van der Waals surface area contributed by atoms with Crippen LogP contribution in [0, 0.1) is 0 Å². The molecule has 11 heteroatoms. The van der Waals surface area contributed by atoms with Crippen molar-refractivity contribution in [3.05, 3.63) is 51.3 Å². The maximum Gasteiger partial charge on any atom is 0.193 e. The predicted molar refractivity (Wildman–Crippen MR) is 119 cm³/mol. The highest BCUT2D eigenvalue weighted by Crippen LogP contribution is 2.33. The Labute approximate surface area is 185 Å². The van der Waals surface area contributed by atoms with Gasteiger partial charge in [0, 0.05) is 23.7 Å². The SMILES string of the molecule is CN(C)C(CN[C@H]1CS(=O)(=O)C[C@@H]1S(=O)(=O)c1ccc(Cl)s1)c1ccccc1Cl. The second kappa shape index (κ2) is 8.82. The summed E-state index contributed by atoms with van der Waals surface area (Å²) in [7, 11) is -3.52. The number of nitrogens with one attached hydrogen (secondary N) is 1. The van der Waals surface area contributed by atoms with E-state index >= 15 is 0 Å². The fraction of sp³-hybridized carbons (Fsp3) is 0.444. The molecule has 1 aliphatic heterocycles. The van der Waals surface area contributed by atoms with Crippen LogP contribution in [-0.4, -0.2) is 65.2 Å². The number of halogens is 2. The van der Waals surface area contributed by atoms with Gasteiger partial charge in [0.25, 0.3) is 0 Å². The lowest BCUT2D eigenvalue weighted by Crippen LogP contribution is -2.46. The van der Waals surface area contributed by atoms with Crippen LogP contribution in [0.4, 0.5) is 0 Å². The van der Waals surface area contributed by atoms with Crippen molar-refractivity contribution < 1.29 is 16.8 Å². The van der Waals surface area contributed by atoms with E-state index in [2.05, 4.69) is 5.32 Å². The summed E-state index contributed by atoms with van der Waals surface area (Å²) >= 11 is 13.2. The van der Waals surface area contributed by atoms with Gasteiger partial charge in [-0.15, -0.1) is 11.3 Å². The third-order valence-electron chi connectivity index (χ3n) is 4.99. The Morgan fingerprint density at radius 2 is 1.86 bits per heavy atom. The molecule has 1 aliphatic rings. The van der Waals surface area contributed by atoms with Gasteiger partial charge in [-0.2, -0.15) is 0 Å². The Morgan fingerprint density at radius 1 is 1.17 bits per heavy atom. The second-order valence-corrected chi connectivity index (χ2v) is 13.9. The zero-order valence-electron chi connectivity index (χ0n) is 15.9. The Hall–Kier alpha value is -0.680. The monoisotopic (exact) mass is 496 g/mol. The van der Waals surface area contributed by atoms with Crippen LogP contribution < -0.4 is 5.32 Å². The standard InChI is InChI=1S/C18H22Cl2N2O4S3/c1-22(2)15(12-5-3-4-6-13(12)19)9-21-14-10-28(23,24)11-16(14)29(25,26)18-8-7-17(20)27-18/h3-8,14-16,21H,9-11H2,1-2H3/t14-,15?,16-/m0/s1. The van der Waals surface area contributed by atoms with Gasteiger partial charge >= 0.3 is 0 Å². The Bertz CT molecular complexity index is 1080. The van der Waals surface area contributed by atoms with Crippen molar-refractivity contribution in [2.24, 2.45) is 0 Å². The minimum atomic E-state index is -3.83. The smallest absolute Gasteiger partial charge is 0.193 e. The molecule has 0 aliphatic carbocycles. The fourth-order valence-corrected chi connectivity index (χ4v) is 10.2. The van der Waals surface area contributed by atoms with Gasteiger partial charge in [0.15, 0.2) is 19.7 Å². The fourth-order valence-electron chi connectivity index (χ4n) is 3.49. The highest BCUT2D eigenvalue weighted by Gasteiger charge is 2.46. The minimum absolute atomic E-state index is 0.0895. The van der Waals surface area contributed by atoms with E-state index in [1.54, 1.807) is 6.07 Å². The summed E-state index contributed by atoms with van der Waals surface area (Å²) in [6.07, 6.45) is 0. The third kappa shape index (κ3) is 5.15. The van der Waals surface area contributed by atoms with Gasteiger partial charge in [-0.1, -0.05) is 41.4 Å². The van der Waals surface area contributed by atoms with Crippen molar-refractivity contribution in [3.8, 4) is 0 Å². The molecule has 160 valence electrons. The average molecular weight is 497 g/mol. The van der Waals surface area contributed by atoms with Gasteiger partial charge in [-0.3, -0.25) is 0 Å². The van der Waals surface area contributed by atoms with Crippen molar-refractivity contribution in [2.45, 2.75) is 21.5 Å². The molecule has 0 radical (unpaired) electrons. The molecule has 2 heterocycles. The molecule has 1 N–H and O–H groups in total. The average Bonchev–Trinajstić information content (AvgIpc) is 3.20. The first-order valence-electron chi connectivity index (χ1n) is 8.85. The van der Waals surface area contributed by atoms with Crippen LogP contribution >= 0.6 is 34.5 Å². The van der Waals surface area contributed by atoms with Crippen LogP contribution in [0.2, 0.25) is 9.36 Å². The Kier molecular flexibility index (Phi) is 6.99. The third-order valence-corrected chi connectivity index (χ3v) is 11.2. The van der Waals surface area contributed by atoms with Gasteiger partial charge in [0.05, 0.1) is 21.1 Å². The van der Waals surface area contributed by atoms with Crippen LogP contribution in [0.15, 0.2) is 40.6 Å². The number of sulfone groups is 2. The maximum absolute atomic E-state index is 13.1. The summed E-state index contributed by atoms with van der Waals surface area (Å²) in [6.45, 7) is 0.355. The van der Waals surface area contributed by atoms with E-state index in [1.807, 2.05) is 37.2 Å². The molecule has 1 saturated heterocycles. The van der Waals surface area contributed by atoms with Crippen molar-refractivity contribution in [2.75, 3.05) is 32.1 Å². The first kappa shape index (κ1) is 23.0. The normalized spacial score (nSPS) is 22.8. The van der Waals surface area contributed by atoms with E-state index in [0.29, 0.717) is 15.9 Å². The molecule has 0 bridgehead atoms. The van der Waals surface area contributed by atoms with Gasteiger partial charge < -0.3 is 10.2 Å². The molecule has 3 rings (SSSR count). The summed E-state index contributed by atoms with van der Waals surface area (Å²) in [6, 6.07) is 9.49. The summed E-state index contributed by atoms with van der Waals surface area (Å²) in [5, 5.41) is 2.73. The first-order chi connectivity index (χ1) is 13.5. The minimum Gasteiger partial charge on any atom is -0.310 e. The number of likely N-dealkylation sites (N-methyl/N-ethyl adjacent to an activating group) is 1. The number of hydrogen-bond acceptors (Lipinski definition) is 7. The largest absolute Gasteiger partial charge is 0.310 e. The van der Waals surface area contributed by atoms with Crippen molar-refractivity contribution in [1.82, 2.24) is 10.2 Å². The number of benzene rings is 1. The Morgan fingerprint density at radius 3 is 2.45 bits per heavy atom. The van der Waals surface area contributed by atoms with E-state index in [9.17, 15) is 16.8 Å². The van der Waals surface area contributed by atoms with E-state index in [-0.39, 0.29) is 16.0 Å². The van der Waals surface area contributed by atoms with Crippen LogP contribution in [0.5, 0.6) is 0 Å². The summed E-state index contributed by atoms with van der Waals surface area (Å²) in [4.78, 5) is 1.96. The molecule has 1 unspecified atom stereocenters. The van der Waals surface area contributed by atoms with Crippen LogP contribution in [0.1, 0.15) is 11.6 Å². The van der Waals surface area contributed by atoms with E-state index < -0.39 is 36.7 Å². The lowest BCUT2D eigenvalue weighted by atomic mass is 10.1. The van der Waals surface area contributed by atoms with Gasteiger partial charge in [-0.25, -0.2) is 16.8 Å². The van der Waals surface area contributed by atoms with Gasteiger partial charge in [0.1, 0.15) is 4.21 Å². The number of nitrogens with zero attached hydrogens (tertiary/aromatic N) is 1. The molecular weight excluding hydrogens is 475 g/mol. The van der Waals surface area contributed by atoms with Crippen LogP contribution in [0.3, 0.4) is 0 Å². The van der Waals surface area contributed by atoms with Crippen LogP contribution in [-0.2, 0) is 19.7 Å². The number of rotatable bonds is 7. The molecule has 0 saturated carbocycles. The molecular formula is C18H22Cl2N2O4S3. The van der Waals surface area contributed by atoms with Crippen molar-refractivity contribution in [3.63, 3.8) is 0 Å². The zero-order chi connectivity index (χ0) is 21.4. The predicted octanol–water partition coefficient (Wildman–Crippen LogP) is 2.89. The highest BCUT2D eigenvalue weighted by molar-refractivity contribution is 7.97.